The van der Waals surface area contributed by atoms with Gasteiger partial charge in [-0.1, -0.05) is 11.6 Å². The lowest BCUT2D eigenvalue weighted by Gasteiger charge is -2.25. The molecule has 5 heteroatoms. The summed E-state index contributed by atoms with van der Waals surface area (Å²) in [7, 11) is 1.83. The maximum Gasteiger partial charge on any atom is 0.263 e. The molecule has 0 atom stereocenters. The molecular weight excluding hydrogens is 252 g/mol. The molecule has 0 aliphatic carbocycles. The number of amides is 1. The number of benzene rings is 1. The van der Waals surface area contributed by atoms with E-state index in [1.54, 1.807) is 38.1 Å². The predicted molar refractivity (Wildman–Crippen MR) is 73.1 cm³/mol. The number of hydrogen-bond donors (Lipinski definition) is 2. The van der Waals surface area contributed by atoms with Gasteiger partial charge in [0.05, 0.1) is 0 Å². The van der Waals surface area contributed by atoms with Crippen molar-refractivity contribution in [1.82, 2.24) is 10.6 Å². The Morgan fingerprint density at radius 2 is 1.89 bits per heavy atom. The van der Waals surface area contributed by atoms with Gasteiger partial charge in [-0.05, 0) is 45.2 Å². The van der Waals surface area contributed by atoms with E-state index in [0.29, 0.717) is 17.3 Å². The molecule has 0 radical (unpaired) electrons. The molecule has 0 aromatic heterocycles. The molecule has 0 fully saturated rings. The molecule has 0 bridgehead atoms. The number of carbonyl (C=O) groups is 1. The summed E-state index contributed by atoms with van der Waals surface area (Å²) in [5, 5.41) is 6.40. The van der Waals surface area contributed by atoms with Gasteiger partial charge in [0.1, 0.15) is 5.75 Å². The quantitative estimate of drug-likeness (QED) is 0.776. The Balaban J connectivity index is 2.57. The van der Waals surface area contributed by atoms with Gasteiger partial charge in [0.2, 0.25) is 0 Å². The van der Waals surface area contributed by atoms with Crippen LogP contribution < -0.4 is 15.4 Å². The van der Waals surface area contributed by atoms with Crippen molar-refractivity contribution in [1.29, 1.82) is 0 Å². The van der Waals surface area contributed by atoms with Gasteiger partial charge in [-0.3, -0.25) is 4.79 Å². The van der Waals surface area contributed by atoms with Gasteiger partial charge >= 0.3 is 0 Å². The highest BCUT2D eigenvalue weighted by Crippen LogP contribution is 2.20. The van der Waals surface area contributed by atoms with E-state index in [1.807, 2.05) is 7.05 Å². The van der Waals surface area contributed by atoms with E-state index in [-0.39, 0.29) is 5.91 Å². The summed E-state index contributed by atoms with van der Waals surface area (Å²) < 4.78 is 5.66. The van der Waals surface area contributed by atoms with Crippen molar-refractivity contribution >= 4 is 17.5 Å². The van der Waals surface area contributed by atoms with Crippen LogP contribution in [0.2, 0.25) is 5.02 Å². The van der Waals surface area contributed by atoms with Crippen molar-refractivity contribution in [3.63, 3.8) is 0 Å². The Morgan fingerprint density at radius 1 is 1.28 bits per heavy atom. The molecule has 4 nitrogen and oxygen atoms in total. The molecule has 1 rings (SSSR count). The molecular formula is C13H19ClN2O2. The summed E-state index contributed by atoms with van der Waals surface area (Å²) in [5.41, 5.74) is -0.915. The number of rotatable bonds is 6. The van der Waals surface area contributed by atoms with Crippen LogP contribution in [0.5, 0.6) is 5.75 Å². The third-order valence-corrected chi connectivity index (χ3v) is 2.65. The highest BCUT2D eigenvalue weighted by Gasteiger charge is 2.29. The first kappa shape index (κ1) is 14.8. The number of carbonyl (C=O) groups excluding carboxylic acids is 1. The molecule has 0 unspecified atom stereocenters. The van der Waals surface area contributed by atoms with E-state index in [4.69, 9.17) is 16.3 Å². The molecule has 1 aromatic rings. The second kappa shape index (κ2) is 6.61. The van der Waals surface area contributed by atoms with E-state index in [0.717, 1.165) is 6.54 Å². The van der Waals surface area contributed by atoms with E-state index in [9.17, 15) is 4.79 Å². The van der Waals surface area contributed by atoms with Crippen LogP contribution >= 0.6 is 11.6 Å². The van der Waals surface area contributed by atoms with Crippen LogP contribution in [0.25, 0.3) is 0 Å². The van der Waals surface area contributed by atoms with Gasteiger partial charge in [-0.2, -0.15) is 0 Å². The fraction of sp³-hybridized carbons (Fsp3) is 0.462. The summed E-state index contributed by atoms with van der Waals surface area (Å²) in [4.78, 5) is 11.9. The first-order chi connectivity index (χ1) is 8.45. The highest BCUT2D eigenvalue weighted by atomic mass is 35.5. The SMILES string of the molecule is CNCCNC(=O)C(C)(C)Oc1ccc(Cl)cc1. The Bertz CT molecular complexity index is 390. The van der Waals surface area contributed by atoms with E-state index >= 15 is 0 Å². The topological polar surface area (TPSA) is 50.4 Å². The number of nitrogens with one attached hydrogen (secondary N) is 2. The molecule has 18 heavy (non-hydrogen) atoms. The van der Waals surface area contributed by atoms with E-state index in [1.165, 1.54) is 0 Å². The number of likely N-dealkylation sites (N-methyl/N-ethyl adjacent to an activating group) is 1. The fourth-order valence-electron chi connectivity index (χ4n) is 1.36. The molecule has 1 aromatic carbocycles. The molecule has 0 aliphatic heterocycles. The molecule has 2 N–H and O–H groups in total. The molecule has 1 amide bonds. The second-order valence-corrected chi connectivity index (χ2v) is 4.86. The molecule has 100 valence electrons. The minimum absolute atomic E-state index is 0.146. The minimum Gasteiger partial charge on any atom is -0.478 e. The average molecular weight is 271 g/mol. The maximum absolute atomic E-state index is 11.9. The lowest BCUT2D eigenvalue weighted by molar-refractivity contribution is -0.134. The summed E-state index contributed by atoms with van der Waals surface area (Å²) in [6, 6.07) is 6.94. The molecule has 0 aliphatic rings. The Kier molecular flexibility index (Phi) is 5.44. The smallest absolute Gasteiger partial charge is 0.263 e. The molecule has 0 saturated heterocycles. The second-order valence-electron chi connectivity index (χ2n) is 4.43. The summed E-state index contributed by atoms with van der Waals surface area (Å²) >= 11 is 5.79. The minimum atomic E-state index is -0.915. The van der Waals surface area contributed by atoms with E-state index < -0.39 is 5.60 Å². The first-order valence-electron chi connectivity index (χ1n) is 5.83. The zero-order valence-corrected chi connectivity index (χ0v) is 11.7. The lowest BCUT2D eigenvalue weighted by atomic mass is 10.1. The third-order valence-electron chi connectivity index (χ3n) is 2.39. The monoisotopic (exact) mass is 270 g/mol. The van der Waals surface area contributed by atoms with Crippen molar-refractivity contribution in [2.75, 3.05) is 20.1 Å². The lowest BCUT2D eigenvalue weighted by Crippen LogP contribution is -2.47. The van der Waals surface area contributed by atoms with Crippen molar-refractivity contribution in [2.45, 2.75) is 19.4 Å². The average Bonchev–Trinajstić information content (AvgIpc) is 2.32. The Hall–Kier alpha value is -1.26. The van der Waals surface area contributed by atoms with Crippen molar-refractivity contribution in [3.05, 3.63) is 29.3 Å². The van der Waals surface area contributed by atoms with Crippen molar-refractivity contribution in [2.24, 2.45) is 0 Å². The molecule has 0 saturated carbocycles. The van der Waals surface area contributed by atoms with Crippen LogP contribution in [0.1, 0.15) is 13.8 Å². The van der Waals surface area contributed by atoms with Crippen LogP contribution in [-0.4, -0.2) is 31.6 Å². The maximum atomic E-state index is 11.9. The largest absolute Gasteiger partial charge is 0.478 e. The van der Waals surface area contributed by atoms with Crippen LogP contribution in [0, 0.1) is 0 Å². The van der Waals surface area contributed by atoms with Gasteiger partial charge in [0, 0.05) is 18.1 Å². The normalized spacial score (nSPS) is 11.1. The van der Waals surface area contributed by atoms with Gasteiger partial charge in [0.25, 0.3) is 5.91 Å². The van der Waals surface area contributed by atoms with Gasteiger partial charge in [-0.15, -0.1) is 0 Å². The van der Waals surface area contributed by atoms with Crippen LogP contribution in [0.3, 0.4) is 0 Å². The number of hydrogen-bond acceptors (Lipinski definition) is 3. The highest BCUT2D eigenvalue weighted by molar-refractivity contribution is 6.30. The fourth-order valence-corrected chi connectivity index (χ4v) is 1.48. The van der Waals surface area contributed by atoms with Gasteiger partial charge < -0.3 is 15.4 Å². The summed E-state index contributed by atoms with van der Waals surface area (Å²) in [5.74, 6) is 0.473. The van der Waals surface area contributed by atoms with Crippen LogP contribution in [0.15, 0.2) is 24.3 Å². The van der Waals surface area contributed by atoms with Crippen LogP contribution in [0.4, 0.5) is 0 Å². The number of halogens is 1. The zero-order valence-electron chi connectivity index (χ0n) is 10.9. The Morgan fingerprint density at radius 3 is 2.44 bits per heavy atom. The van der Waals surface area contributed by atoms with E-state index in [2.05, 4.69) is 10.6 Å². The first-order valence-corrected chi connectivity index (χ1v) is 6.21. The predicted octanol–water partition coefficient (Wildman–Crippen LogP) is 1.83. The summed E-state index contributed by atoms with van der Waals surface area (Å²) in [6.45, 7) is 4.76. The number of ether oxygens (including phenoxy) is 1. The summed E-state index contributed by atoms with van der Waals surface area (Å²) in [6.07, 6.45) is 0. The van der Waals surface area contributed by atoms with Crippen molar-refractivity contribution < 1.29 is 9.53 Å². The van der Waals surface area contributed by atoms with Crippen molar-refractivity contribution in [3.8, 4) is 5.75 Å². The Labute approximate surface area is 113 Å². The van der Waals surface area contributed by atoms with Gasteiger partial charge in [-0.25, -0.2) is 0 Å². The molecule has 0 heterocycles. The molecule has 0 spiro atoms. The zero-order chi connectivity index (χ0) is 13.6. The van der Waals surface area contributed by atoms with Crippen LogP contribution in [-0.2, 0) is 4.79 Å². The third kappa shape index (κ3) is 4.55. The van der Waals surface area contributed by atoms with Gasteiger partial charge in [0.15, 0.2) is 5.60 Å². The standard InChI is InChI=1S/C13H19ClN2O2/c1-13(2,12(17)16-9-8-15-3)18-11-6-4-10(14)5-7-11/h4-7,15H,8-9H2,1-3H3,(H,16,17).